The van der Waals surface area contributed by atoms with Gasteiger partial charge in [0.2, 0.25) is 5.91 Å². The number of nitrogens with zero attached hydrogens (tertiary/aromatic N) is 1. The third-order valence-electron chi connectivity index (χ3n) is 7.15. The van der Waals surface area contributed by atoms with Gasteiger partial charge in [0.05, 0.1) is 6.54 Å². The number of aryl methyl sites for hydroxylation is 1. The van der Waals surface area contributed by atoms with E-state index in [1.54, 1.807) is 0 Å². The molecule has 1 spiro atoms. The predicted octanol–water partition coefficient (Wildman–Crippen LogP) is 4.55. The van der Waals surface area contributed by atoms with Crippen molar-refractivity contribution >= 4 is 5.91 Å². The largest absolute Gasteiger partial charge is 0.487 e. The molecule has 0 unspecified atom stereocenters. The van der Waals surface area contributed by atoms with Crippen LogP contribution in [-0.4, -0.2) is 35.5 Å². The Bertz CT molecular complexity index is 893. The number of para-hydroxylation sites is 1. The third-order valence-corrected chi connectivity index (χ3v) is 7.15. The Morgan fingerprint density at radius 3 is 2.67 bits per heavy atom. The zero-order chi connectivity index (χ0) is 20.6. The van der Waals surface area contributed by atoms with Crippen LogP contribution in [0.5, 0.6) is 5.75 Å². The molecule has 2 fully saturated rings. The zero-order valence-electron chi connectivity index (χ0n) is 17.9. The monoisotopic (exact) mass is 408 g/mol. The fourth-order valence-corrected chi connectivity index (χ4v) is 5.21. The molecule has 0 bridgehead atoms. The molecule has 3 aliphatic rings. The van der Waals surface area contributed by atoms with Gasteiger partial charge in [0, 0.05) is 31.5 Å². The van der Waals surface area contributed by atoms with Crippen LogP contribution in [0.2, 0.25) is 0 Å². The van der Waals surface area contributed by atoms with E-state index in [1.165, 1.54) is 12.0 Å². The summed E-state index contributed by atoms with van der Waals surface area (Å²) < 4.78 is 12.4. The Balaban J connectivity index is 1.26. The van der Waals surface area contributed by atoms with E-state index in [1.807, 2.05) is 19.1 Å². The molecule has 1 N–H and O–H groups in total. The lowest BCUT2D eigenvalue weighted by atomic mass is 9.76. The number of benzene rings is 1. The Morgan fingerprint density at radius 1 is 1.17 bits per heavy atom. The molecule has 1 atom stereocenters. The maximum atomic E-state index is 12.7. The van der Waals surface area contributed by atoms with E-state index in [-0.39, 0.29) is 17.4 Å². The van der Waals surface area contributed by atoms with Crippen LogP contribution in [0.4, 0.5) is 0 Å². The molecule has 3 heterocycles. The highest BCUT2D eigenvalue weighted by Gasteiger charge is 2.43. The number of likely N-dealkylation sites (tertiary alicyclic amines) is 1. The Kier molecular flexibility index (Phi) is 5.32. The van der Waals surface area contributed by atoms with Crippen molar-refractivity contribution in [2.45, 2.75) is 76.0 Å². The first-order chi connectivity index (χ1) is 14.6. The maximum Gasteiger partial charge on any atom is 0.220 e. The number of hydrogen-bond acceptors (Lipinski definition) is 4. The fraction of sp³-hybridized carbons (Fsp3) is 0.560. The van der Waals surface area contributed by atoms with Gasteiger partial charge < -0.3 is 14.5 Å². The highest BCUT2D eigenvalue weighted by Crippen LogP contribution is 2.46. The van der Waals surface area contributed by atoms with Gasteiger partial charge in [-0.1, -0.05) is 18.2 Å². The second kappa shape index (κ2) is 8.10. The van der Waals surface area contributed by atoms with Crippen molar-refractivity contribution in [1.29, 1.82) is 0 Å². The van der Waals surface area contributed by atoms with Gasteiger partial charge in [0.25, 0.3) is 0 Å². The van der Waals surface area contributed by atoms with E-state index < -0.39 is 0 Å². The summed E-state index contributed by atoms with van der Waals surface area (Å²) in [5, 5.41) is 3.22. The number of furan rings is 1. The summed E-state index contributed by atoms with van der Waals surface area (Å²) in [5.74, 6) is 3.40. The molecule has 30 heavy (non-hydrogen) atoms. The highest BCUT2D eigenvalue weighted by atomic mass is 16.5. The van der Waals surface area contributed by atoms with Crippen molar-refractivity contribution in [3.63, 3.8) is 0 Å². The zero-order valence-corrected chi connectivity index (χ0v) is 17.9. The van der Waals surface area contributed by atoms with E-state index in [0.717, 1.165) is 69.0 Å². The summed E-state index contributed by atoms with van der Waals surface area (Å²) in [7, 11) is 0. The smallest absolute Gasteiger partial charge is 0.220 e. The number of piperidine rings is 1. The lowest BCUT2D eigenvalue weighted by Gasteiger charge is -2.47. The van der Waals surface area contributed by atoms with Gasteiger partial charge in [-0.2, -0.15) is 0 Å². The van der Waals surface area contributed by atoms with Gasteiger partial charge in [0.1, 0.15) is 22.9 Å². The molecule has 2 aromatic rings. The summed E-state index contributed by atoms with van der Waals surface area (Å²) in [6.45, 7) is 4.82. The molecule has 160 valence electrons. The summed E-state index contributed by atoms with van der Waals surface area (Å²) in [5.41, 5.74) is 1.03. The predicted molar refractivity (Wildman–Crippen MR) is 116 cm³/mol. The van der Waals surface area contributed by atoms with Gasteiger partial charge >= 0.3 is 0 Å². The van der Waals surface area contributed by atoms with Gasteiger partial charge in [-0.05, 0) is 69.2 Å². The molecule has 5 nitrogen and oxygen atoms in total. The van der Waals surface area contributed by atoms with Crippen LogP contribution in [0.15, 0.2) is 40.8 Å². The van der Waals surface area contributed by atoms with Gasteiger partial charge in [-0.25, -0.2) is 0 Å². The standard InChI is InChI=1S/C25H32N2O3/c1-18-9-10-21(29-18)17-27-13-11-25(12-14-27)16-19(15-24(28)26-20-5-4-6-20)22-7-2-3-8-23(22)30-25/h2-3,7-10,19-20H,4-6,11-17H2,1H3,(H,26,28)/t19-/m0/s1. The van der Waals surface area contributed by atoms with Gasteiger partial charge in [-0.15, -0.1) is 0 Å². The van der Waals surface area contributed by atoms with Crippen LogP contribution in [0, 0.1) is 6.92 Å². The molecule has 2 aliphatic heterocycles. The molecular formula is C25H32N2O3. The molecule has 5 heteroatoms. The molecule has 1 aromatic heterocycles. The van der Waals surface area contributed by atoms with Crippen molar-refractivity contribution in [1.82, 2.24) is 10.2 Å². The van der Waals surface area contributed by atoms with Crippen LogP contribution < -0.4 is 10.1 Å². The molecule has 5 rings (SSSR count). The number of nitrogens with one attached hydrogen (secondary N) is 1. The molecular weight excluding hydrogens is 376 g/mol. The molecule has 0 radical (unpaired) electrons. The van der Waals surface area contributed by atoms with Crippen LogP contribution in [0.3, 0.4) is 0 Å². The van der Waals surface area contributed by atoms with Crippen LogP contribution >= 0.6 is 0 Å². The number of carbonyl (C=O) groups excluding carboxylic acids is 1. The summed E-state index contributed by atoms with van der Waals surface area (Å²) >= 11 is 0. The average Bonchev–Trinajstić information content (AvgIpc) is 3.11. The first kappa shape index (κ1) is 19.7. The van der Waals surface area contributed by atoms with Gasteiger partial charge in [-0.3, -0.25) is 9.69 Å². The summed E-state index contributed by atoms with van der Waals surface area (Å²) in [6.07, 6.45) is 6.96. The quantitative estimate of drug-likeness (QED) is 0.789. The van der Waals surface area contributed by atoms with E-state index in [2.05, 4.69) is 34.5 Å². The number of ether oxygens (including phenoxy) is 1. The van der Waals surface area contributed by atoms with Crippen molar-refractivity contribution in [2.75, 3.05) is 13.1 Å². The molecule has 1 aromatic carbocycles. The van der Waals surface area contributed by atoms with Crippen molar-refractivity contribution in [3.8, 4) is 5.75 Å². The SMILES string of the molecule is Cc1ccc(CN2CCC3(CC2)C[C@H](CC(=O)NC2CCC2)c2ccccc2O3)o1. The molecule has 1 aliphatic carbocycles. The van der Waals surface area contributed by atoms with E-state index in [9.17, 15) is 4.79 Å². The second-order valence-electron chi connectivity index (χ2n) is 9.41. The number of amides is 1. The Hall–Kier alpha value is -2.27. The maximum absolute atomic E-state index is 12.7. The Morgan fingerprint density at radius 2 is 1.97 bits per heavy atom. The minimum absolute atomic E-state index is 0.161. The number of rotatable bonds is 5. The minimum atomic E-state index is -0.161. The second-order valence-corrected chi connectivity index (χ2v) is 9.41. The van der Waals surface area contributed by atoms with Crippen molar-refractivity contribution < 1.29 is 13.9 Å². The van der Waals surface area contributed by atoms with Crippen LogP contribution in [-0.2, 0) is 11.3 Å². The summed E-state index contributed by atoms with van der Waals surface area (Å²) in [6, 6.07) is 12.8. The first-order valence-corrected chi connectivity index (χ1v) is 11.4. The lowest BCUT2D eigenvalue weighted by Crippen LogP contribution is -2.50. The van der Waals surface area contributed by atoms with Crippen molar-refractivity contribution in [3.05, 3.63) is 53.5 Å². The number of carbonyl (C=O) groups is 1. The fourth-order valence-electron chi connectivity index (χ4n) is 5.21. The third kappa shape index (κ3) is 4.13. The van der Waals surface area contributed by atoms with Crippen LogP contribution in [0.1, 0.15) is 67.9 Å². The molecule has 1 saturated carbocycles. The summed E-state index contributed by atoms with van der Waals surface area (Å²) in [4.78, 5) is 15.1. The van der Waals surface area contributed by atoms with E-state index >= 15 is 0 Å². The molecule has 1 saturated heterocycles. The number of fused-ring (bicyclic) bond motifs is 1. The molecule has 1 amide bonds. The van der Waals surface area contributed by atoms with Crippen LogP contribution in [0.25, 0.3) is 0 Å². The van der Waals surface area contributed by atoms with Gasteiger partial charge in [0.15, 0.2) is 0 Å². The minimum Gasteiger partial charge on any atom is -0.487 e. The first-order valence-electron chi connectivity index (χ1n) is 11.4. The normalized spacial score (nSPS) is 23.4. The van der Waals surface area contributed by atoms with E-state index in [4.69, 9.17) is 9.15 Å². The van der Waals surface area contributed by atoms with Crippen molar-refractivity contribution in [2.24, 2.45) is 0 Å². The van der Waals surface area contributed by atoms with E-state index in [0.29, 0.717) is 12.5 Å². The highest BCUT2D eigenvalue weighted by molar-refractivity contribution is 5.77. The lowest BCUT2D eigenvalue weighted by molar-refractivity contribution is -0.123. The Labute approximate surface area is 178 Å². The average molecular weight is 409 g/mol. The topological polar surface area (TPSA) is 54.7 Å². The number of hydrogen-bond donors (Lipinski definition) is 1.